The van der Waals surface area contributed by atoms with Gasteiger partial charge in [-0.3, -0.25) is 24.2 Å². The van der Waals surface area contributed by atoms with Gasteiger partial charge < -0.3 is 26.1 Å². The molecule has 0 saturated carbocycles. The highest BCUT2D eigenvalue weighted by Gasteiger charge is 2.15. The third-order valence-corrected chi connectivity index (χ3v) is 6.87. The fourth-order valence-corrected chi connectivity index (χ4v) is 4.43. The topological polar surface area (TPSA) is 193 Å². The molecule has 0 aliphatic rings. The molecule has 4 N–H and O–H groups in total. The van der Waals surface area contributed by atoms with Gasteiger partial charge >= 0.3 is 0 Å². The van der Waals surface area contributed by atoms with Crippen LogP contribution in [-0.2, 0) is 24.5 Å². The summed E-state index contributed by atoms with van der Waals surface area (Å²) in [5.41, 5.74) is 1.80. The Hall–Kier alpha value is -6.32. The zero-order valence-electron chi connectivity index (χ0n) is 26.0. The summed E-state index contributed by atoms with van der Waals surface area (Å²) >= 11 is 0. The van der Waals surface area contributed by atoms with Gasteiger partial charge in [-0.05, 0) is 24.3 Å². The normalized spacial score (nSPS) is 10.4. The molecule has 4 rings (SSSR count). The van der Waals surface area contributed by atoms with E-state index in [-0.39, 0.29) is 36.8 Å². The van der Waals surface area contributed by atoms with Gasteiger partial charge in [0.1, 0.15) is 17.7 Å². The highest BCUT2D eigenvalue weighted by Crippen LogP contribution is 1.98. The number of carbonyl (C=O) groups excluding carboxylic acids is 4. The number of rotatable bonds is 17. The molecule has 0 aliphatic carbocycles. The number of nitrogens with zero attached hydrogens (tertiary/aromatic N) is 5. The lowest BCUT2D eigenvalue weighted by atomic mass is 10.2. The Labute approximate surface area is 275 Å². The van der Waals surface area contributed by atoms with Crippen molar-refractivity contribution in [2.24, 2.45) is 0 Å². The molecule has 48 heavy (non-hydrogen) atoms. The molecule has 0 unspecified atom stereocenters. The van der Waals surface area contributed by atoms with E-state index in [1.54, 1.807) is 84.1 Å². The van der Waals surface area contributed by atoms with Crippen LogP contribution in [-0.4, -0.2) is 66.5 Å². The molecule has 0 spiro atoms. The van der Waals surface area contributed by atoms with Crippen molar-refractivity contribution in [3.05, 3.63) is 130 Å². The second kappa shape index (κ2) is 18.0. The quantitative estimate of drug-likeness (QED) is 0.0489. The van der Waals surface area contributed by atoms with Gasteiger partial charge in [-0.2, -0.15) is 0 Å². The lowest BCUT2D eigenvalue weighted by Gasteiger charge is -2.06. The molecule has 0 bridgehead atoms. The molecule has 248 valence electrons. The maximum atomic E-state index is 12.8. The van der Waals surface area contributed by atoms with Gasteiger partial charge in [-0.1, -0.05) is 0 Å². The summed E-state index contributed by atoms with van der Waals surface area (Å²) in [5, 5.41) is 20.4. The molecule has 4 heterocycles. The number of amides is 4. The van der Waals surface area contributed by atoms with Crippen LogP contribution in [0.2, 0.25) is 0 Å². The molecule has 4 aromatic rings. The van der Waals surface area contributed by atoms with Gasteiger partial charge in [0.25, 0.3) is 28.7 Å². The van der Waals surface area contributed by atoms with Crippen LogP contribution < -0.4 is 35.0 Å². The summed E-state index contributed by atoms with van der Waals surface area (Å²) < 4.78 is 5.44. The summed E-state index contributed by atoms with van der Waals surface area (Å²) in [7, 11) is 0. The first-order chi connectivity index (χ1) is 23.3. The number of nitrogens with one attached hydrogen (secondary N) is 4. The maximum Gasteiger partial charge on any atom is 0.294 e. The molecule has 0 saturated heterocycles. The van der Waals surface area contributed by atoms with Gasteiger partial charge in [0.15, 0.2) is 56.8 Å². The number of hydrogen-bond acceptors (Lipinski definition) is 8. The minimum atomic E-state index is -0.921. The average Bonchev–Trinajstić information content (AvgIpc) is 3.10. The molecule has 0 atom stereocenters. The van der Waals surface area contributed by atoms with Gasteiger partial charge in [-0.25, -0.2) is 13.7 Å². The van der Waals surface area contributed by atoms with E-state index < -0.39 is 5.09 Å². The van der Waals surface area contributed by atoms with Gasteiger partial charge in [0, 0.05) is 43.2 Å². The van der Waals surface area contributed by atoms with Gasteiger partial charge in [0.05, 0.1) is 30.8 Å². The van der Waals surface area contributed by atoms with Crippen LogP contribution in [0, 0.1) is 10.1 Å². The van der Waals surface area contributed by atoms with Crippen LogP contribution in [0.25, 0.3) is 0 Å². The molecule has 0 radical (unpaired) electrons. The largest absolute Gasteiger partial charge is 0.350 e. The Balaban J connectivity index is 1.16. The minimum absolute atomic E-state index is 0.00151. The Morgan fingerprint density at radius 3 is 1.62 bits per heavy atom. The van der Waals surface area contributed by atoms with Crippen molar-refractivity contribution in [1.82, 2.24) is 26.3 Å². The van der Waals surface area contributed by atoms with Crippen molar-refractivity contribution in [2.75, 3.05) is 32.8 Å². The fraction of sp³-hybridized carbons (Fsp3) is 0.250. The lowest BCUT2D eigenvalue weighted by molar-refractivity contribution is -0.757. The van der Waals surface area contributed by atoms with Crippen molar-refractivity contribution in [3.63, 3.8) is 0 Å². The van der Waals surface area contributed by atoms with Crippen molar-refractivity contribution in [3.8, 4) is 0 Å². The summed E-state index contributed by atoms with van der Waals surface area (Å²) in [5.74, 6) is -1.10. The molecular formula is C32H36N9O7+3. The first-order valence-electron chi connectivity index (χ1n) is 15.1. The van der Waals surface area contributed by atoms with E-state index in [1.165, 1.54) is 6.20 Å². The van der Waals surface area contributed by atoms with Crippen LogP contribution in [0.3, 0.4) is 0 Å². The van der Waals surface area contributed by atoms with E-state index in [2.05, 4.69) is 31.1 Å². The van der Waals surface area contributed by atoms with E-state index in [1.807, 2.05) is 21.5 Å². The van der Waals surface area contributed by atoms with Crippen LogP contribution >= 0.6 is 0 Å². The molecule has 0 fully saturated rings. The first kappa shape index (κ1) is 34.6. The predicted octanol–water partition coefficient (Wildman–Crippen LogP) is -0.828. The van der Waals surface area contributed by atoms with E-state index in [4.69, 9.17) is 0 Å². The molecule has 4 amide bonds. The fourth-order valence-electron chi connectivity index (χ4n) is 4.43. The standard InChI is InChI=1S/C32H33N9O7/c42-29(37-13-21-48-41(46)47)25-7-16-38(17-8-25)18-10-35-31(44)27-5-2-15-40(23-27)20-12-36-32(45)28-6-3-14-39(24-28)19-11-34-30(43)26-4-1-9-33-22-26/h1-9,14-17,22-24H,10-13,18-21H2,(H-3,34,35,36,37,42,43,44,45)/p+3. The maximum absolute atomic E-state index is 12.8. The number of carbonyl (C=O) groups is 4. The molecular weight excluding hydrogens is 622 g/mol. The summed E-state index contributed by atoms with van der Waals surface area (Å²) in [6, 6.07) is 13.5. The van der Waals surface area contributed by atoms with Crippen LogP contribution in [0.15, 0.2) is 98.1 Å². The lowest BCUT2D eigenvalue weighted by Crippen LogP contribution is -2.43. The SMILES string of the molecule is O=C(NCCO[N+](=O)[O-])c1cc[n+](CCNC(=O)c2ccc[n+](CCNC(=O)c3ccc[n+](CCNC(=O)c4cccnc4)c3)c2)cc1. The van der Waals surface area contributed by atoms with Crippen molar-refractivity contribution in [2.45, 2.75) is 19.6 Å². The smallest absolute Gasteiger partial charge is 0.294 e. The molecule has 4 aromatic heterocycles. The van der Waals surface area contributed by atoms with Crippen LogP contribution in [0.4, 0.5) is 0 Å². The minimum Gasteiger partial charge on any atom is -0.350 e. The Kier molecular flexibility index (Phi) is 12.9. The first-order valence-corrected chi connectivity index (χ1v) is 15.1. The number of pyridine rings is 4. The highest BCUT2D eigenvalue weighted by molar-refractivity contribution is 5.95. The van der Waals surface area contributed by atoms with E-state index in [9.17, 15) is 29.3 Å². The second-order valence-corrected chi connectivity index (χ2v) is 10.3. The van der Waals surface area contributed by atoms with Gasteiger partial charge in [0.2, 0.25) is 0 Å². The summed E-state index contributed by atoms with van der Waals surface area (Å²) in [6.45, 7) is 2.20. The van der Waals surface area contributed by atoms with Crippen LogP contribution in [0.5, 0.6) is 0 Å². The predicted molar refractivity (Wildman–Crippen MR) is 166 cm³/mol. The third-order valence-electron chi connectivity index (χ3n) is 6.87. The van der Waals surface area contributed by atoms with E-state index in [0.717, 1.165) is 0 Å². The zero-order valence-corrected chi connectivity index (χ0v) is 26.0. The monoisotopic (exact) mass is 658 g/mol. The summed E-state index contributed by atoms with van der Waals surface area (Å²) in [6.07, 6.45) is 13.5. The molecule has 16 heteroatoms. The zero-order chi connectivity index (χ0) is 34.1. The Morgan fingerprint density at radius 2 is 1.10 bits per heavy atom. The highest BCUT2D eigenvalue weighted by atomic mass is 16.9. The third kappa shape index (κ3) is 11.2. The molecule has 0 aliphatic heterocycles. The van der Waals surface area contributed by atoms with Gasteiger partial charge in [-0.15, -0.1) is 10.1 Å². The van der Waals surface area contributed by atoms with E-state index in [0.29, 0.717) is 61.5 Å². The van der Waals surface area contributed by atoms with E-state index >= 15 is 0 Å². The number of aromatic nitrogens is 4. The molecule has 16 nitrogen and oxygen atoms in total. The Morgan fingerprint density at radius 1 is 0.625 bits per heavy atom. The van der Waals surface area contributed by atoms with Crippen molar-refractivity contribution < 1.29 is 42.8 Å². The second-order valence-electron chi connectivity index (χ2n) is 10.3. The van der Waals surface area contributed by atoms with Crippen molar-refractivity contribution >= 4 is 23.6 Å². The summed E-state index contributed by atoms with van der Waals surface area (Å²) in [4.78, 5) is 68.1. The molecule has 0 aromatic carbocycles. The van der Waals surface area contributed by atoms with Crippen LogP contribution in [0.1, 0.15) is 41.4 Å². The average molecular weight is 659 g/mol. The van der Waals surface area contributed by atoms with Crippen molar-refractivity contribution in [1.29, 1.82) is 0 Å². The Bertz CT molecular complexity index is 1720. The number of hydrogen-bond donors (Lipinski definition) is 4.